The highest BCUT2D eigenvalue weighted by atomic mass is 16.2. The second kappa shape index (κ2) is 3.53. The Hall–Kier alpha value is -2.17. The summed E-state index contributed by atoms with van der Waals surface area (Å²) in [4.78, 5) is 27.6. The van der Waals surface area contributed by atoms with Gasteiger partial charge in [0.2, 0.25) is 0 Å². The Morgan fingerprint density at radius 2 is 2.27 bits per heavy atom. The van der Waals surface area contributed by atoms with Gasteiger partial charge >= 0.3 is 6.03 Å². The number of amides is 3. The van der Waals surface area contributed by atoms with Gasteiger partial charge in [-0.05, 0) is 17.7 Å². The van der Waals surface area contributed by atoms with Crippen LogP contribution in [0.5, 0.6) is 0 Å². The minimum Gasteiger partial charge on any atom is -0.292 e. The molecule has 2 rings (SSSR count). The average molecular weight is 203 g/mol. The second-order valence-corrected chi connectivity index (χ2v) is 3.13. The molecule has 0 unspecified atom stereocenters. The zero-order valence-corrected chi connectivity index (χ0v) is 8.10. The van der Waals surface area contributed by atoms with Crippen molar-refractivity contribution in [1.29, 1.82) is 0 Å². The van der Waals surface area contributed by atoms with Gasteiger partial charge < -0.3 is 0 Å². The summed E-state index contributed by atoms with van der Waals surface area (Å²) >= 11 is 0. The number of urea groups is 1. The van der Waals surface area contributed by atoms with E-state index in [1.165, 1.54) is 4.90 Å². The maximum atomic E-state index is 11.3. The summed E-state index contributed by atoms with van der Waals surface area (Å²) in [5, 5.41) is 2.20. The van der Waals surface area contributed by atoms with Crippen LogP contribution in [0.15, 0.2) is 30.2 Å². The van der Waals surface area contributed by atoms with Gasteiger partial charge in [0, 0.05) is 19.4 Å². The molecule has 3 amide bonds. The smallest absolute Gasteiger partial charge is 0.292 e. The van der Waals surface area contributed by atoms with Crippen molar-refractivity contribution in [1.82, 2.24) is 15.2 Å². The molecule has 1 aromatic rings. The molecule has 1 fully saturated rings. The number of aromatic nitrogens is 1. The third-order valence-electron chi connectivity index (χ3n) is 2.11. The van der Waals surface area contributed by atoms with Crippen LogP contribution in [0.3, 0.4) is 0 Å². The van der Waals surface area contributed by atoms with Crippen LogP contribution >= 0.6 is 0 Å². The lowest BCUT2D eigenvalue weighted by atomic mass is 10.2. The van der Waals surface area contributed by atoms with Crippen LogP contribution in [0, 0.1) is 0 Å². The second-order valence-electron chi connectivity index (χ2n) is 3.13. The van der Waals surface area contributed by atoms with Crippen LogP contribution in [0.4, 0.5) is 4.79 Å². The van der Waals surface area contributed by atoms with Gasteiger partial charge in [-0.25, -0.2) is 4.79 Å². The van der Waals surface area contributed by atoms with Gasteiger partial charge in [0.1, 0.15) is 5.70 Å². The number of hydrogen-bond donors (Lipinski definition) is 1. The Kier molecular flexibility index (Phi) is 2.21. The van der Waals surface area contributed by atoms with Crippen LogP contribution in [-0.2, 0) is 4.79 Å². The molecule has 0 atom stereocenters. The molecular formula is C10H9N3O2. The molecule has 0 saturated carbocycles. The summed E-state index contributed by atoms with van der Waals surface area (Å²) < 4.78 is 0. The molecule has 0 bridgehead atoms. The van der Waals surface area contributed by atoms with Crippen molar-refractivity contribution in [3.8, 4) is 0 Å². The standard InChI is InChI=1S/C10H9N3O2/c1-13-8(9(14)12-10(13)15)5-7-3-2-4-11-6-7/h2-6H,1H3,(H,12,14,15)/b8-5+. The van der Waals surface area contributed by atoms with E-state index in [9.17, 15) is 9.59 Å². The minimum absolute atomic E-state index is 0.327. The van der Waals surface area contributed by atoms with E-state index in [2.05, 4.69) is 10.3 Å². The number of imide groups is 1. The van der Waals surface area contributed by atoms with Gasteiger partial charge in [-0.3, -0.25) is 20.0 Å². The zero-order valence-electron chi connectivity index (χ0n) is 8.10. The number of likely N-dealkylation sites (N-methyl/N-ethyl adjacent to an activating group) is 1. The highest BCUT2D eigenvalue weighted by Crippen LogP contribution is 2.13. The molecule has 1 N–H and O–H groups in total. The first-order valence-electron chi connectivity index (χ1n) is 4.39. The lowest BCUT2D eigenvalue weighted by molar-refractivity contribution is -0.115. The molecular weight excluding hydrogens is 194 g/mol. The van der Waals surface area contributed by atoms with E-state index >= 15 is 0 Å². The molecule has 1 saturated heterocycles. The molecule has 0 spiro atoms. The summed E-state index contributed by atoms with van der Waals surface area (Å²) in [5.74, 6) is -0.383. The lowest BCUT2D eigenvalue weighted by Gasteiger charge is -2.06. The zero-order chi connectivity index (χ0) is 10.8. The van der Waals surface area contributed by atoms with E-state index < -0.39 is 6.03 Å². The van der Waals surface area contributed by atoms with E-state index in [1.807, 2.05) is 6.07 Å². The Morgan fingerprint density at radius 3 is 2.80 bits per heavy atom. The van der Waals surface area contributed by atoms with Crippen molar-refractivity contribution in [2.45, 2.75) is 0 Å². The van der Waals surface area contributed by atoms with Crippen molar-refractivity contribution >= 4 is 18.0 Å². The van der Waals surface area contributed by atoms with E-state index in [1.54, 1.807) is 31.6 Å². The molecule has 0 aliphatic carbocycles. The van der Waals surface area contributed by atoms with Gasteiger partial charge in [-0.2, -0.15) is 0 Å². The molecule has 1 aliphatic rings. The molecule has 15 heavy (non-hydrogen) atoms. The normalized spacial score (nSPS) is 18.5. The van der Waals surface area contributed by atoms with E-state index in [4.69, 9.17) is 0 Å². The van der Waals surface area contributed by atoms with Crippen LogP contribution < -0.4 is 5.32 Å². The molecule has 76 valence electrons. The van der Waals surface area contributed by atoms with Crippen LogP contribution in [-0.4, -0.2) is 28.9 Å². The first kappa shape index (κ1) is 9.39. The average Bonchev–Trinajstić information content (AvgIpc) is 2.47. The number of carbonyl (C=O) groups excluding carboxylic acids is 2. The topological polar surface area (TPSA) is 62.3 Å². The Morgan fingerprint density at radius 1 is 1.47 bits per heavy atom. The number of carbonyl (C=O) groups is 2. The van der Waals surface area contributed by atoms with Gasteiger partial charge in [-0.15, -0.1) is 0 Å². The maximum Gasteiger partial charge on any atom is 0.328 e. The van der Waals surface area contributed by atoms with E-state index in [-0.39, 0.29) is 5.91 Å². The van der Waals surface area contributed by atoms with Crippen molar-refractivity contribution in [3.05, 3.63) is 35.8 Å². The van der Waals surface area contributed by atoms with Crippen molar-refractivity contribution in [2.75, 3.05) is 7.05 Å². The highest BCUT2D eigenvalue weighted by Gasteiger charge is 2.29. The monoisotopic (exact) mass is 203 g/mol. The molecule has 1 aromatic heterocycles. The predicted octanol–water partition coefficient (Wildman–Crippen LogP) is 0.604. The van der Waals surface area contributed by atoms with Crippen LogP contribution in [0.1, 0.15) is 5.56 Å². The lowest BCUT2D eigenvalue weighted by Crippen LogP contribution is -2.24. The number of nitrogens with one attached hydrogen (secondary N) is 1. The van der Waals surface area contributed by atoms with Gasteiger partial charge in [0.15, 0.2) is 0 Å². The molecule has 5 heteroatoms. The predicted molar refractivity (Wildman–Crippen MR) is 53.5 cm³/mol. The Bertz CT molecular complexity index is 439. The first-order valence-corrected chi connectivity index (χ1v) is 4.39. The molecule has 1 aliphatic heterocycles. The molecule has 0 aromatic carbocycles. The Balaban J connectivity index is 2.35. The number of nitrogens with zero attached hydrogens (tertiary/aromatic N) is 2. The third-order valence-corrected chi connectivity index (χ3v) is 2.11. The molecule has 5 nitrogen and oxygen atoms in total. The Labute approximate surface area is 86.4 Å². The summed E-state index contributed by atoms with van der Waals surface area (Å²) in [5.41, 5.74) is 1.11. The summed E-state index contributed by atoms with van der Waals surface area (Å²) in [6, 6.07) is 3.17. The van der Waals surface area contributed by atoms with E-state index in [0.29, 0.717) is 5.70 Å². The largest absolute Gasteiger partial charge is 0.328 e. The van der Waals surface area contributed by atoms with E-state index in [0.717, 1.165) is 5.56 Å². The number of pyridine rings is 1. The molecule has 2 heterocycles. The van der Waals surface area contributed by atoms with Gasteiger partial charge in [0.25, 0.3) is 5.91 Å². The van der Waals surface area contributed by atoms with Gasteiger partial charge in [0.05, 0.1) is 0 Å². The fourth-order valence-electron chi connectivity index (χ4n) is 1.29. The summed E-state index contributed by atoms with van der Waals surface area (Å²) in [6.07, 6.45) is 4.88. The van der Waals surface area contributed by atoms with Crippen LogP contribution in [0.2, 0.25) is 0 Å². The quantitative estimate of drug-likeness (QED) is 0.537. The minimum atomic E-state index is -0.407. The third kappa shape index (κ3) is 1.71. The molecule has 0 radical (unpaired) electrons. The summed E-state index contributed by atoms with van der Waals surface area (Å²) in [7, 11) is 1.54. The maximum absolute atomic E-state index is 11.3. The van der Waals surface area contributed by atoms with Crippen molar-refractivity contribution in [2.24, 2.45) is 0 Å². The van der Waals surface area contributed by atoms with Crippen LogP contribution in [0.25, 0.3) is 6.08 Å². The summed E-state index contributed by atoms with van der Waals surface area (Å²) in [6.45, 7) is 0. The number of hydrogen-bond acceptors (Lipinski definition) is 3. The first-order chi connectivity index (χ1) is 7.18. The fourth-order valence-corrected chi connectivity index (χ4v) is 1.29. The fraction of sp³-hybridized carbons (Fsp3) is 0.100. The number of rotatable bonds is 1. The van der Waals surface area contributed by atoms with Gasteiger partial charge in [-0.1, -0.05) is 6.07 Å². The van der Waals surface area contributed by atoms with Crippen molar-refractivity contribution < 1.29 is 9.59 Å². The SMILES string of the molecule is CN1C(=O)NC(=O)/C1=C\c1cccnc1. The highest BCUT2D eigenvalue weighted by molar-refractivity contribution is 6.13. The van der Waals surface area contributed by atoms with Crippen molar-refractivity contribution in [3.63, 3.8) is 0 Å².